The number of carboxylic acids is 1. The molecule has 1 aliphatic rings. The molecule has 0 aromatic carbocycles. The van der Waals surface area contributed by atoms with Crippen LogP contribution >= 0.6 is 0 Å². The Morgan fingerprint density at radius 2 is 1.90 bits per heavy atom. The van der Waals surface area contributed by atoms with Crippen LogP contribution in [0.2, 0.25) is 0 Å². The Morgan fingerprint density at radius 3 is 2.38 bits per heavy atom. The molecule has 3 N–H and O–H groups in total. The molecule has 7 heteroatoms. The van der Waals surface area contributed by atoms with Crippen LogP contribution in [0.25, 0.3) is 0 Å². The number of hydrogen-bond donors (Lipinski definition) is 3. The number of carbonyl (C=O) groups is 3. The quantitative estimate of drug-likeness (QED) is 0.679. The van der Waals surface area contributed by atoms with Gasteiger partial charge in [-0.25, -0.2) is 9.59 Å². The van der Waals surface area contributed by atoms with Gasteiger partial charge in [-0.3, -0.25) is 4.79 Å². The molecule has 0 spiro atoms. The van der Waals surface area contributed by atoms with Crippen molar-refractivity contribution in [3.05, 3.63) is 0 Å². The molecule has 1 fully saturated rings. The van der Waals surface area contributed by atoms with Crippen molar-refractivity contribution in [3.63, 3.8) is 0 Å². The zero-order valence-electron chi connectivity index (χ0n) is 12.7. The molecule has 1 rings (SSSR count). The van der Waals surface area contributed by atoms with E-state index in [9.17, 15) is 14.4 Å². The minimum Gasteiger partial charge on any atom is -0.480 e. The molecule has 7 nitrogen and oxygen atoms in total. The number of nitrogens with one attached hydrogen (secondary N) is 2. The number of carboxylic acid groups (broad SMARTS) is 1. The molecule has 1 aliphatic heterocycles. The first-order valence-electron chi connectivity index (χ1n) is 7.49. The average Bonchev–Trinajstić information content (AvgIpc) is 2.43. The molecule has 0 bridgehead atoms. The van der Waals surface area contributed by atoms with Gasteiger partial charge in [0.05, 0.1) is 0 Å². The number of urea groups is 1. The predicted molar refractivity (Wildman–Crippen MR) is 77.9 cm³/mol. The van der Waals surface area contributed by atoms with Crippen molar-refractivity contribution in [1.29, 1.82) is 0 Å². The maximum absolute atomic E-state index is 12.1. The van der Waals surface area contributed by atoms with Gasteiger partial charge in [0.25, 0.3) is 0 Å². The Balaban J connectivity index is 2.41. The first-order chi connectivity index (χ1) is 9.93. The van der Waals surface area contributed by atoms with Gasteiger partial charge in [-0.1, -0.05) is 19.8 Å². The summed E-state index contributed by atoms with van der Waals surface area (Å²) < 4.78 is 0. The SMILES string of the molecule is CCCC[C@H](NC(=O)N1CCC(NC(C)=O)CC1)C(=O)O. The highest BCUT2D eigenvalue weighted by molar-refractivity contribution is 5.82. The van der Waals surface area contributed by atoms with Crippen LogP contribution in [0.1, 0.15) is 46.0 Å². The molecule has 0 saturated carbocycles. The number of piperidine rings is 1. The lowest BCUT2D eigenvalue weighted by Crippen LogP contribution is -2.52. The van der Waals surface area contributed by atoms with Crippen LogP contribution < -0.4 is 10.6 Å². The molecule has 3 amide bonds. The normalized spacial score (nSPS) is 17.1. The van der Waals surface area contributed by atoms with E-state index in [1.54, 1.807) is 4.90 Å². The largest absolute Gasteiger partial charge is 0.480 e. The summed E-state index contributed by atoms with van der Waals surface area (Å²) in [7, 11) is 0. The summed E-state index contributed by atoms with van der Waals surface area (Å²) in [6, 6.07) is -1.06. The van der Waals surface area contributed by atoms with Crippen LogP contribution in [-0.4, -0.2) is 53.1 Å². The first-order valence-corrected chi connectivity index (χ1v) is 7.49. The van der Waals surface area contributed by atoms with Gasteiger partial charge in [0.1, 0.15) is 6.04 Å². The summed E-state index contributed by atoms with van der Waals surface area (Å²) in [6.07, 6.45) is 3.49. The molecule has 1 atom stereocenters. The van der Waals surface area contributed by atoms with Crippen molar-refractivity contribution in [1.82, 2.24) is 15.5 Å². The number of hydrogen-bond acceptors (Lipinski definition) is 3. The van der Waals surface area contributed by atoms with Gasteiger partial charge >= 0.3 is 12.0 Å². The molecule has 120 valence electrons. The third-order valence-corrected chi connectivity index (χ3v) is 3.63. The van der Waals surface area contributed by atoms with E-state index in [1.807, 2.05) is 6.92 Å². The molecule has 0 aliphatic carbocycles. The second-order valence-electron chi connectivity index (χ2n) is 5.44. The van der Waals surface area contributed by atoms with E-state index < -0.39 is 12.0 Å². The fraction of sp³-hybridized carbons (Fsp3) is 0.786. The van der Waals surface area contributed by atoms with Crippen molar-refractivity contribution in [3.8, 4) is 0 Å². The van der Waals surface area contributed by atoms with Crippen LogP contribution in [0.3, 0.4) is 0 Å². The second kappa shape index (κ2) is 8.49. The van der Waals surface area contributed by atoms with Crippen LogP contribution in [-0.2, 0) is 9.59 Å². The average molecular weight is 299 g/mol. The lowest BCUT2D eigenvalue weighted by molar-refractivity contribution is -0.139. The van der Waals surface area contributed by atoms with Gasteiger partial charge in [-0.15, -0.1) is 0 Å². The number of amides is 3. The fourth-order valence-corrected chi connectivity index (χ4v) is 2.42. The Labute approximate surface area is 125 Å². The Bertz CT molecular complexity index is 378. The number of nitrogens with zero attached hydrogens (tertiary/aromatic N) is 1. The highest BCUT2D eigenvalue weighted by Crippen LogP contribution is 2.11. The van der Waals surface area contributed by atoms with Crippen LogP contribution in [0.5, 0.6) is 0 Å². The summed E-state index contributed by atoms with van der Waals surface area (Å²) >= 11 is 0. The number of likely N-dealkylation sites (tertiary alicyclic amines) is 1. The summed E-state index contributed by atoms with van der Waals surface area (Å²) in [6.45, 7) is 4.51. The smallest absolute Gasteiger partial charge is 0.326 e. The van der Waals surface area contributed by atoms with Crippen molar-refractivity contribution in [2.45, 2.75) is 58.0 Å². The highest BCUT2D eigenvalue weighted by Gasteiger charge is 2.26. The monoisotopic (exact) mass is 299 g/mol. The topological polar surface area (TPSA) is 98.7 Å². The molecular weight excluding hydrogens is 274 g/mol. The van der Waals surface area contributed by atoms with Gasteiger partial charge < -0.3 is 20.6 Å². The zero-order chi connectivity index (χ0) is 15.8. The van der Waals surface area contributed by atoms with Crippen molar-refractivity contribution >= 4 is 17.9 Å². The lowest BCUT2D eigenvalue weighted by atomic mass is 10.1. The third kappa shape index (κ3) is 6.01. The standard InChI is InChI=1S/C14H25N3O4/c1-3-4-5-12(13(19)20)16-14(21)17-8-6-11(7-9-17)15-10(2)18/h11-12H,3-9H2,1-2H3,(H,15,18)(H,16,21)(H,19,20)/t12-/m0/s1. The highest BCUT2D eigenvalue weighted by atomic mass is 16.4. The Hall–Kier alpha value is -1.79. The zero-order valence-corrected chi connectivity index (χ0v) is 12.7. The molecule has 21 heavy (non-hydrogen) atoms. The van der Waals surface area contributed by atoms with Crippen molar-refractivity contribution < 1.29 is 19.5 Å². The molecule has 1 heterocycles. The summed E-state index contributed by atoms with van der Waals surface area (Å²) in [5.74, 6) is -1.06. The van der Waals surface area contributed by atoms with E-state index in [1.165, 1.54) is 6.92 Å². The van der Waals surface area contributed by atoms with E-state index in [0.717, 1.165) is 12.8 Å². The maximum Gasteiger partial charge on any atom is 0.326 e. The minimum atomic E-state index is -0.995. The molecule has 1 saturated heterocycles. The molecule has 0 aromatic rings. The van der Waals surface area contributed by atoms with Gasteiger partial charge in [-0.05, 0) is 19.3 Å². The molecule has 0 radical (unpaired) electrons. The van der Waals surface area contributed by atoms with Gasteiger partial charge in [0, 0.05) is 26.1 Å². The summed E-state index contributed by atoms with van der Waals surface area (Å²) in [5, 5.41) is 14.5. The minimum absolute atomic E-state index is 0.0663. The fourth-order valence-electron chi connectivity index (χ4n) is 2.42. The van der Waals surface area contributed by atoms with Gasteiger partial charge in [0.15, 0.2) is 0 Å². The third-order valence-electron chi connectivity index (χ3n) is 3.63. The first kappa shape index (κ1) is 17.3. The maximum atomic E-state index is 12.1. The van der Waals surface area contributed by atoms with Crippen LogP contribution in [0.4, 0.5) is 4.79 Å². The number of carbonyl (C=O) groups excluding carboxylic acids is 2. The van der Waals surface area contributed by atoms with E-state index in [4.69, 9.17) is 5.11 Å². The number of rotatable bonds is 6. The van der Waals surface area contributed by atoms with Gasteiger partial charge in [-0.2, -0.15) is 0 Å². The molecular formula is C14H25N3O4. The van der Waals surface area contributed by atoms with Crippen LogP contribution in [0.15, 0.2) is 0 Å². The van der Waals surface area contributed by atoms with Crippen LogP contribution in [0, 0.1) is 0 Å². The van der Waals surface area contributed by atoms with E-state index in [2.05, 4.69) is 10.6 Å². The van der Waals surface area contributed by atoms with Gasteiger partial charge in [0.2, 0.25) is 5.91 Å². The number of aliphatic carboxylic acids is 1. The Kier molecular flexibility index (Phi) is 6.98. The summed E-state index contributed by atoms with van der Waals surface area (Å²) in [4.78, 5) is 35.8. The molecule has 0 aromatic heterocycles. The number of unbranched alkanes of at least 4 members (excludes halogenated alkanes) is 1. The van der Waals surface area contributed by atoms with E-state index in [0.29, 0.717) is 32.4 Å². The van der Waals surface area contributed by atoms with Crippen molar-refractivity contribution in [2.24, 2.45) is 0 Å². The second-order valence-corrected chi connectivity index (χ2v) is 5.44. The van der Waals surface area contributed by atoms with E-state index >= 15 is 0 Å². The van der Waals surface area contributed by atoms with E-state index in [-0.39, 0.29) is 18.0 Å². The Morgan fingerprint density at radius 1 is 1.29 bits per heavy atom. The van der Waals surface area contributed by atoms with Crippen molar-refractivity contribution in [2.75, 3.05) is 13.1 Å². The molecule has 0 unspecified atom stereocenters. The predicted octanol–water partition coefficient (Wildman–Crippen LogP) is 0.940. The lowest BCUT2D eigenvalue weighted by Gasteiger charge is -2.33. The summed E-state index contributed by atoms with van der Waals surface area (Å²) in [5.41, 5.74) is 0.